The van der Waals surface area contributed by atoms with Gasteiger partial charge >= 0.3 is 0 Å². The standard InChI is InChI=1S/C12H16N2O4S/c13-11(7-8-1-3-9(15)4-2-8)12(16)14-19(17,18)10-5-6-10/h1-4,10-11,15H,5-7,13H2,(H,14,16)/t11-/m0/s1. The minimum absolute atomic E-state index is 0.123. The molecule has 7 heteroatoms. The van der Waals surface area contributed by atoms with Gasteiger partial charge in [-0.15, -0.1) is 0 Å². The summed E-state index contributed by atoms with van der Waals surface area (Å²) in [6, 6.07) is 5.32. The number of phenolic OH excluding ortho intramolecular Hbond substituents is 1. The first-order valence-electron chi connectivity index (χ1n) is 5.97. The molecule has 0 aromatic heterocycles. The minimum atomic E-state index is -3.55. The molecule has 19 heavy (non-hydrogen) atoms. The van der Waals surface area contributed by atoms with Gasteiger partial charge < -0.3 is 10.8 Å². The van der Waals surface area contributed by atoms with Gasteiger partial charge in [0.2, 0.25) is 10.0 Å². The maximum atomic E-state index is 11.7. The van der Waals surface area contributed by atoms with E-state index < -0.39 is 27.2 Å². The van der Waals surface area contributed by atoms with Gasteiger partial charge in [0.1, 0.15) is 5.75 Å². The molecule has 1 amide bonds. The van der Waals surface area contributed by atoms with E-state index in [2.05, 4.69) is 0 Å². The van der Waals surface area contributed by atoms with E-state index in [4.69, 9.17) is 10.8 Å². The van der Waals surface area contributed by atoms with Crippen LogP contribution in [0.15, 0.2) is 24.3 Å². The number of rotatable bonds is 5. The van der Waals surface area contributed by atoms with Crippen LogP contribution in [0, 0.1) is 0 Å². The SMILES string of the molecule is N[C@@H](Cc1ccc(O)cc1)C(=O)NS(=O)(=O)C1CC1. The molecule has 4 N–H and O–H groups in total. The van der Waals surface area contributed by atoms with E-state index in [9.17, 15) is 13.2 Å². The molecule has 0 radical (unpaired) electrons. The number of hydrogen-bond acceptors (Lipinski definition) is 5. The summed E-state index contributed by atoms with van der Waals surface area (Å²) < 4.78 is 25.2. The van der Waals surface area contributed by atoms with E-state index in [0.717, 1.165) is 5.56 Å². The fraction of sp³-hybridized carbons (Fsp3) is 0.417. The summed E-state index contributed by atoms with van der Waals surface area (Å²) in [6.07, 6.45) is 1.40. The molecular formula is C12H16N2O4S. The monoisotopic (exact) mass is 284 g/mol. The lowest BCUT2D eigenvalue weighted by Gasteiger charge is -2.12. The van der Waals surface area contributed by atoms with Crippen molar-refractivity contribution < 1.29 is 18.3 Å². The number of amides is 1. The van der Waals surface area contributed by atoms with Crippen LogP contribution in [0.4, 0.5) is 0 Å². The third-order valence-electron chi connectivity index (χ3n) is 2.93. The Morgan fingerprint density at radius 1 is 1.37 bits per heavy atom. The number of nitrogens with two attached hydrogens (primary N) is 1. The highest BCUT2D eigenvalue weighted by molar-refractivity contribution is 7.90. The number of aromatic hydroxyl groups is 1. The molecule has 2 rings (SSSR count). The fourth-order valence-corrected chi connectivity index (χ4v) is 3.01. The van der Waals surface area contributed by atoms with Crippen LogP contribution in [0.25, 0.3) is 0 Å². The van der Waals surface area contributed by atoms with E-state index in [0.29, 0.717) is 12.8 Å². The number of hydrogen-bond donors (Lipinski definition) is 3. The van der Waals surface area contributed by atoms with Crippen molar-refractivity contribution in [3.05, 3.63) is 29.8 Å². The molecule has 0 unspecified atom stereocenters. The molecule has 0 aliphatic heterocycles. The van der Waals surface area contributed by atoms with Gasteiger partial charge in [0.15, 0.2) is 0 Å². The van der Waals surface area contributed by atoms with E-state index in [1.165, 1.54) is 12.1 Å². The van der Waals surface area contributed by atoms with Crippen LogP contribution in [-0.4, -0.2) is 30.7 Å². The van der Waals surface area contributed by atoms with Gasteiger partial charge in [-0.3, -0.25) is 9.52 Å². The lowest BCUT2D eigenvalue weighted by atomic mass is 10.1. The molecule has 1 aliphatic rings. The van der Waals surface area contributed by atoms with Crippen LogP contribution in [-0.2, 0) is 21.2 Å². The number of sulfonamides is 1. The molecule has 6 nitrogen and oxygen atoms in total. The second-order valence-corrected chi connectivity index (χ2v) is 6.65. The third kappa shape index (κ3) is 3.68. The lowest BCUT2D eigenvalue weighted by molar-refractivity contribution is -0.120. The van der Waals surface area contributed by atoms with Crippen LogP contribution in [0.1, 0.15) is 18.4 Å². The number of benzene rings is 1. The van der Waals surface area contributed by atoms with Crippen molar-refractivity contribution in [1.29, 1.82) is 0 Å². The first kappa shape index (κ1) is 13.8. The van der Waals surface area contributed by atoms with Gasteiger partial charge in [0.05, 0.1) is 11.3 Å². The molecule has 1 aromatic carbocycles. The Hall–Kier alpha value is -1.60. The maximum absolute atomic E-state index is 11.7. The van der Waals surface area contributed by atoms with E-state index in [1.807, 2.05) is 4.72 Å². The summed E-state index contributed by atoms with van der Waals surface area (Å²) in [5.74, 6) is -0.571. The predicted octanol–water partition coefficient (Wildman–Crippen LogP) is -0.130. The Morgan fingerprint density at radius 3 is 2.47 bits per heavy atom. The quantitative estimate of drug-likeness (QED) is 0.698. The average Bonchev–Trinajstić information content (AvgIpc) is 3.15. The van der Waals surface area contributed by atoms with Crippen molar-refractivity contribution in [2.45, 2.75) is 30.6 Å². The highest BCUT2D eigenvalue weighted by atomic mass is 32.2. The zero-order chi connectivity index (χ0) is 14.0. The molecule has 1 atom stereocenters. The summed E-state index contributed by atoms with van der Waals surface area (Å²) in [5.41, 5.74) is 6.43. The first-order chi connectivity index (χ1) is 8.88. The summed E-state index contributed by atoms with van der Waals surface area (Å²) >= 11 is 0. The molecule has 1 aromatic rings. The number of carbonyl (C=O) groups is 1. The molecule has 1 saturated carbocycles. The Morgan fingerprint density at radius 2 is 1.95 bits per heavy atom. The Kier molecular flexibility index (Phi) is 3.77. The van der Waals surface area contributed by atoms with E-state index in [-0.39, 0.29) is 12.2 Å². The van der Waals surface area contributed by atoms with Gasteiger partial charge in [-0.05, 0) is 37.0 Å². The largest absolute Gasteiger partial charge is 0.508 e. The second kappa shape index (κ2) is 5.18. The Bertz CT molecular complexity index is 564. The van der Waals surface area contributed by atoms with Gasteiger partial charge in [-0.25, -0.2) is 8.42 Å². The molecule has 1 fully saturated rings. The zero-order valence-corrected chi connectivity index (χ0v) is 11.1. The second-order valence-electron chi connectivity index (χ2n) is 4.69. The number of phenols is 1. The van der Waals surface area contributed by atoms with Crippen LogP contribution in [0.3, 0.4) is 0 Å². The minimum Gasteiger partial charge on any atom is -0.508 e. The summed E-state index contributed by atoms with van der Waals surface area (Å²) in [6.45, 7) is 0. The molecule has 0 bridgehead atoms. The zero-order valence-electron chi connectivity index (χ0n) is 10.2. The predicted molar refractivity (Wildman–Crippen MR) is 69.9 cm³/mol. The first-order valence-corrected chi connectivity index (χ1v) is 7.52. The van der Waals surface area contributed by atoms with E-state index >= 15 is 0 Å². The number of nitrogens with one attached hydrogen (secondary N) is 1. The summed E-state index contributed by atoms with van der Waals surface area (Å²) in [5, 5.41) is 8.68. The third-order valence-corrected chi connectivity index (χ3v) is 4.77. The average molecular weight is 284 g/mol. The molecule has 104 valence electrons. The lowest BCUT2D eigenvalue weighted by Crippen LogP contribution is -2.45. The number of carbonyl (C=O) groups excluding carboxylic acids is 1. The van der Waals surface area contributed by atoms with Crippen molar-refractivity contribution in [2.75, 3.05) is 0 Å². The maximum Gasteiger partial charge on any atom is 0.250 e. The van der Waals surface area contributed by atoms with Gasteiger partial charge in [0, 0.05) is 0 Å². The van der Waals surface area contributed by atoms with Gasteiger partial charge in [-0.2, -0.15) is 0 Å². The van der Waals surface area contributed by atoms with Crippen molar-refractivity contribution in [3.8, 4) is 5.75 Å². The van der Waals surface area contributed by atoms with Crippen molar-refractivity contribution in [1.82, 2.24) is 4.72 Å². The highest BCUT2D eigenvalue weighted by Crippen LogP contribution is 2.27. The van der Waals surface area contributed by atoms with Crippen molar-refractivity contribution >= 4 is 15.9 Å². The smallest absolute Gasteiger partial charge is 0.250 e. The normalized spacial score (nSPS) is 16.9. The van der Waals surface area contributed by atoms with E-state index in [1.54, 1.807) is 12.1 Å². The van der Waals surface area contributed by atoms with Crippen LogP contribution in [0.5, 0.6) is 5.75 Å². The highest BCUT2D eigenvalue weighted by Gasteiger charge is 2.37. The van der Waals surface area contributed by atoms with Crippen LogP contribution in [0.2, 0.25) is 0 Å². The van der Waals surface area contributed by atoms with Crippen molar-refractivity contribution in [3.63, 3.8) is 0 Å². The van der Waals surface area contributed by atoms with Gasteiger partial charge in [-0.1, -0.05) is 12.1 Å². The Labute approximate surface area is 111 Å². The van der Waals surface area contributed by atoms with Crippen molar-refractivity contribution in [2.24, 2.45) is 5.73 Å². The Balaban J connectivity index is 1.94. The van der Waals surface area contributed by atoms with Gasteiger partial charge in [0.25, 0.3) is 5.91 Å². The molecule has 0 saturated heterocycles. The molecule has 0 spiro atoms. The fourth-order valence-electron chi connectivity index (χ4n) is 1.66. The summed E-state index contributed by atoms with van der Waals surface area (Å²) in [7, 11) is -3.55. The molecule has 0 heterocycles. The van der Waals surface area contributed by atoms with Crippen LogP contribution >= 0.6 is 0 Å². The molecular weight excluding hydrogens is 268 g/mol. The summed E-state index contributed by atoms with van der Waals surface area (Å²) in [4.78, 5) is 11.7. The van der Waals surface area contributed by atoms with Crippen LogP contribution < -0.4 is 10.5 Å². The molecule has 1 aliphatic carbocycles. The topological polar surface area (TPSA) is 109 Å².